The van der Waals surface area contributed by atoms with Crippen molar-refractivity contribution in [3.63, 3.8) is 0 Å². The Balaban J connectivity index is 0.00000242. The first kappa shape index (κ1) is 34.2. The maximum Gasteiger partial charge on any atom is -0.147 e. The number of hydrogen-bond acceptors (Lipinski definition) is 1. The SMILES string of the molecule is CC1C=C(C(c2ccccc2)c2ccccc2)C(Oc2ccccc2)=[C]1[Ti]([CH3])([CH3])([CH3])([CH3])([c]1ccccc1)[SiH](C)C.Cl.Cl. The molecule has 0 heterocycles. The third-order valence-corrected chi connectivity index (χ3v) is 57.3. The van der Waals surface area contributed by atoms with Crippen molar-refractivity contribution >= 4 is 35.3 Å². The standard InChI is InChI=1S/C25H21O.C6H5.C2H7Si.4CH3.2ClH.Ti/c1-19-17-23(24(18-19)26-22-15-9-4-10-16-22)25(20-11-5-2-6-12-20)21-13-7-3-8-14-21;1-2-4-6-5-3-1;1-3-2;;;;;;;/h2-17,19,25H,1H3;1-5H;3H,1-2H3;4*1H3;2*1H;. The summed E-state index contributed by atoms with van der Waals surface area (Å²) in [7, 11) is 0. The average molecular weight is 655 g/mol. The minimum absolute atomic E-state index is 0. The average Bonchev–Trinajstić information content (AvgIpc) is 3.27. The van der Waals surface area contributed by atoms with Gasteiger partial charge in [0.05, 0.1) is 0 Å². The maximum atomic E-state index is 7.19. The van der Waals surface area contributed by atoms with E-state index in [2.05, 4.69) is 168 Å². The van der Waals surface area contributed by atoms with E-state index >= 15 is 0 Å². The van der Waals surface area contributed by atoms with E-state index in [1.165, 1.54) is 20.6 Å². The second-order valence-electron chi connectivity index (χ2n) is 15.9. The zero-order valence-corrected chi connectivity index (χ0v) is 30.4. The third-order valence-electron chi connectivity index (χ3n) is 11.4. The molecule has 0 radical (unpaired) electrons. The molecule has 1 aliphatic rings. The van der Waals surface area contributed by atoms with E-state index in [1.54, 1.807) is 3.88 Å². The van der Waals surface area contributed by atoms with Crippen LogP contribution in [0.25, 0.3) is 0 Å². The fourth-order valence-corrected chi connectivity index (χ4v) is 26.4. The fraction of sp³-hybridized carbons (Fsp3) is 0.243. The van der Waals surface area contributed by atoms with Crippen LogP contribution in [0.4, 0.5) is 0 Å². The molecule has 0 fully saturated rings. The number of rotatable bonds is 8. The van der Waals surface area contributed by atoms with Gasteiger partial charge in [-0.05, 0) is 0 Å². The van der Waals surface area contributed by atoms with Crippen LogP contribution in [0, 0.1) is 5.92 Å². The van der Waals surface area contributed by atoms with Crippen LogP contribution >= 0.6 is 24.8 Å². The zero-order valence-electron chi connectivity index (χ0n) is 26.1. The molecule has 0 saturated heterocycles. The number of ether oxygens (including phenoxy) is 1. The van der Waals surface area contributed by atoms with Gasteiger partial charge in [-0.2, -0.15) is 0 Å². The van der Waals surface area contributed by atoms with Crippen molar-refractivity contribution in [2.24, 2.45) is 5.92 Å². The third kappa shape index (κ3) is 5.31. The van der Waals surface area contributed by atoms with Gasteiger partial charge >= 0.3 is 240 Å². The first-order chi connectivity index (χ1) is 18.8. The summed E-state index contributed by atoms with van der Waals surface area (Å²) in [6, 6.07) is 43.7. The van der Waals surface area contributed by atoms with Gasteiger partial charge in [-0.1, -0.05) is 0 Å². The number of para-hydroxylation sites is 1. The summed E-state index contributed by atoms with van der Waals surface area (Å²) in [5.41, 5.74) is 3.86. The van der Waals surface area contributed by atoms with Crippen LogP contribution in [0.1, 0.15) is 24.0 Å². The molecule has 0 spiro atoms. The van der Waals surface area contributed by atoms with E-state index < -0.39 is 18.7 Å². The number of hydrogen-bond donors (Lipinski definition) is 0. The quantitative estimate of drug-likeness (QED) is 0.172. The Kier molecular flexibility index (Phi) is 8.94. The van der Waals surface area contributed by atoms with Crippen LogP contribution in [-0.4, -0.2) is 6.66 Å². The molecule has 0 bridgehead atoms. The van der Waals surface area contributed by atoms with Gasteiger partial charge in [0.25, 0.3) is 0 Å². The molecule has 0 aromatic heterocycles. The molecule has 1 atom stereocenters. The van der Waals surface area contributed by atoms with Crippen molar-refractivity contribution in [3.8, 4) is 5.75 Å². The van der Waals surface area contributed by atoms with Crippen molar-refractivity contribution in [2.75, 3.05) is 0 Å². The normalized spacial score (nSPS) is 17.7. The predicted molar refractivity (Wildman–Crippen MR) is 189 cm³/mol. The molecule has 1 aliphatic carbocycles. The molecule has 5 heteroatoms. The Morgan fingerprint density at radius 1 is 0.619 bits per heavy atom. The van der Waals surface area contributed by atoms with Crippen LogP contribution < -0.4 is 8.61 Å². The van der Waals surface area contributed by atoms with Gasteiger partial charge in [-0.3, -0.25) is 0 Å². The minimum atomic E-state index is -4.71. The molecular formula is C37H47Cl2OSiTi. The first-order valence-corrected chi connectivity index (χ1v) is 28.2. The number of halogens is 2. The fourth-order valence-electron chi connectivity index (χ4n) is 7.40. The molecule has 4 aromatic rings. The van der Waals surface area contributed by atoms with E-state index in [1.807, 2.05) is 0 Å². The monoisotopic (exact) mass is 653 g/mol. The van der Waals surface area contributed by atoms with Crippen LogP contribution in [0.2, 0.25) is 34.0 Å². The topological polar surface area (TPSA) is 9.23 Å². The van der Waals surface area contributed by atoms with Gasteiger partial charge in [-0.15, -0.1) is 24.8 Å². The Morgan fingerprint density at radius 3 is 1.45 bits per heavy atom. The van der Waals surface area contributed by atoms with Gasteiger partial charge in [-0.25, -0.2) is 0 Å². The van der Waals surface area contributed by atoms with Crippen LogP contribution in [0.3, 0.4) is 0 Å². The molecule has 0 aliphatic heterocycles. The second-order valence-corrected chi connectivity index (χ2v) is 57.8. The molecule has 1 nitrogen and oxygen atoms in total. The van der Waals surface area contributed by atoms with Gasteiger partial charge in [0, 0.05) is 0 Å². The molecule has 0 N–H and O–H groups in total. The second kappa shape index (κ2) is 11.0. The summed E-state index contributed by atoms with van der Waals surface area (Å²) in [5.74, 6) is 2.31. The van der Waals surface area contributed by atoms with Crippen molar-refractivity contribution in [1.29, 1.82) is 0 Å². The van der Waals surface area contributed by atoms with Crippen molar-refractivity contribution in [3.05, 3.63) is 154 Å². The Morgan fingerprint density at radius 2 is 1.02 bits per heavy atom. The molecule has 1 unspecified atom stereocenters. The van der Waals surface area contributed by atoms with E-state index in [0.717, 1.165) is 11.5 Å². The van der Waals surface area contributed by atoms with E-state index in [4.69, 9.17) is 4.74 Å². The van der Waals surface area contributed by atoms with Gasteiger partial charge in [0.15, 0.2) is 0 Å². The molecule has 4 aromatic carbocycles. The van der Waals surface area contributed by atoms with Crippen LogP contribution in [0.15, 0.2) is 143 Å². The maximum absolute atomic E-state index is 7.19. The Bertz CT molecular complexity index is 1560. The summed E-state index contributed by atoms with van der Waals surface area (Å²) in [6.07, 6.45) is 2.53. The van der Waals surface area contributed by atoms with Crippen molar-refractivity contribution in [1.82, 2.24) is 0 Å². The molecule has 5 rings (SSSR count). The number of benzene rings is 4. The number of allylic oxidation sites excluding steroid dienone is 3. The van der Waals surface area contributed by atoms with Gasteiger partial charge in [0.1, 0.15) is 0 Å². The molecule has 0 amide bonds. The zero-order chi connectivity index (χ0) is 28.7. The van der Waals surface area contributed by atoms with E-state index in [0.29, 0.717) is 0 Å². The minimum Gasteiger partial charge on any atom is -0.147 e. The summed E-state index contributed by atoms with van der Waals surface area (Å²) in [4.78, 5) is 0. The van der Waals surface area contributed by atoms with Crippen molar-refractivity contribution in [2.45, 2.75) is 46.8 Å². The summed E-state index contributed by atoms with van der Waals surface area (Å²) in [5, 5.41) is 10.8. The van der Waals surface area contributed by atoms with Gasteiger partial charge < -0.3 is 0 Å². The summed E-state index contributed by atoms with van der Waals surface area (Å²) < 4.78 is 10.2. The Labute approximate surface area is 262 Å². The molecule has 0 saturated carbocycles. The molecular weight excluding hydrogens is 607 g/mol. The van der Waals surface area contributed by atoms with E-state index in [-0.39, 0.29) is 36.6 Å². The predicted octanol–water partition coefficient (Wildman–Crippen LogP) is 10.8. The Hall–Kier alpha value is -2.33. The smallest absolute Gasteiger partial charge is 0.147 e. The van der Waals surface area contributed by atoms with Crippen LogP contribution in [0.5, 0.6) is 5.75 Å². The molecule has 42 heavy (non-hydrogen) atoms. The largest absolute Gasteiger partial charge is 0.147 e. The summed E-state index contributed by atoms with van der Waals surface area (Å²) >= 11 is -4.71. The first-order valence-electron chi connectivity index (χ1n) is 14.8. The molecule has 223 valence electrons. The van der Waals surface area contributed by atoms with Crippen LogP contribution in [-0.2, 0) is 12.0 Å². The van der Waals surface area contributed by atoms with E-state index in [9.17, 15) is 0 Å². The van der Waals surface area contributed by atoms with Crippen molar-refractivity contribution < 1.29 is 16.7 Å². The summed E-state index contributed by atoms with van der Waals surface area (Å²) in [6.45, 7) is 6.15. The van der Waals surface area contributed by atoms with Gasteiger partial charge in [0.2, 0.25) is 0 Å².